The molecule has 4 aromatic rings. The third-order valence-corrected chi connectivity index (χ3v) is 8.94. The summed E-state index contributed by atoms with van der Waals surface area (Å²) in [5, 5.41) is 14.3. The summed E-state index contributed by atoms with van der Waals surface area (Å²) in [4.78, 5) is 19.4. The maximum absolute atomic E-state index is 13.7. The monoisotopic (exact) mass is 510 g/mol. The van der Waals surface area contributed by atoms with Crippen LogP contribution in [0, 0.1) is 19.8 Å². The number of rotatable bonds is 6. The fourth-order valence-electron chi connectivity index (χ4n) is 6.57. The molecule has 2 fully saturated rings. The topological polar surface area (TPSA) is 79.7 Å². The number of nitrogens with one attached hydrogen (secondary N) is 1. The van der Waals surface area contributed by atoms with Crippen LogP contribution in [0.25, 0.3) is 10.9 Å². The van der Waals surface area contributed by atoms with Crippen LogP contribution < -0.4 is 5.56 Å². The van der Waals surface area contributed by atoms with Crippen molar-refractivity contribution in [2.24, 2.45) is 5.92 Å². The van der Waals surface area contributed by atoms with Crippen LogP contribution in [0.1, 0.15) is 85.1 Å². The summed E-state index contributed by atoms with van der Waals surface area (Å²) in [6.45, 7) is 6.00. The first kappa shape index (κ1) is 25.0. The van der Waals surface area contributed by atoms with Crippen LogP contribution in [-0.2, 0) is 6.42 Å². The van der Waals surface area contributed by atoms with E-state index in [2.05, 4.69) is 87.8 Å². The number of hydrogen-bond donors (Lipinski definition) is 1. The number of H-pyrrole nitrogens is 1. The van der Waals surface area contributed by atoms with Crippen LogP contribution in [0.2, 0.25) is 0 Å². The number of aryl methyl sites for hydroxylation is 2. The number of hydrogen-bond acceptors (Lipinski definition) is 5. The van der Waals surface area contributed by atoms with E-state index in [4.69, 9.17) is 0 Å². The molecule has 0 spiro atoms. The Morgan fingerprint density at radius 3 is 2.50 bits per heavy atom. The average Bonchev–Trinajstić information content (AvgIpc) is 3.43. The molecule has 2 aromatic heterocycles. The zero-order valence-electron chi connectivity index (χ0n) is 22.6. The van der Waals surface area contributed by atoms with Crippen molar-refractivity contribution in [2.75, 3.05) is 13.1 Å². The van der Waals surface area contributed by atoms with Gasteiger partial charge in [0.25, 0.3) is 5.56 Å². The quantitative estimate of drug-likeness (QED) is 0.361. The number of pyridine rings is 1. The second-order valence-corrected chi connectivity index (χ2v) is 11.4. The lowest BCUT2D eigenvalue weighted by Crippen LogP contribution is -2.41. The van der Waals surface area contributed by atoms with E-state index in [9.17, 15) is 4.79 Å². The lowest BCUT2D eigenvalue weighted by atomic mass is 9.88. The van der Waals surface area contributed by atoms with Gasteiger partial charge >= 0.3 is 0 Å². The van der Waals surface area contributed by atoms with E-state index >= 15 is 0 Å². The van der Waals surface area contributed by atoms with Gasteiger partial charge in [0.05, 0.1) is 11.6 Å². The minimum atomic E-state index is -0.264. The van der Waals surface area contributed by atoms with Gasteiger partial charge in [0.15, 0.2) is 5.82 Å². The Morgan fingerprint density at radius 1 is 0.974 bits per heavy atom. The van der Waals surface area contributed by atoms with E-state index < -0.39 is 0 Å². The van der Waals surface area contributed by atoms with Gasteiger partial charge in [-0.3, -0.25) is 9.69 Å². The Bertz CT molecular complexity index is 1440. The smallest absolute Gasteiger partial charge is 0.253 e. The molecule has 198 valence electrons. The molecule has 1 aliphatic heterocycles. The van der Waals surface area contributed by atoms with Crippen LogP contribution in [0.5, 0.6) is 0 Å². The third-order valence-electron chi connectivity index (χ3n) is 8.94. The fourth-order valence-corrected chi connectivity index (χ4v) is 6.57. The van der Waals surface area contributed by atoms with Gasteiger partial charge in [-0.05, 0) is 104 Å². The van der Waals surface area contributed by atoms with E-state index in [0.717, 1.165) is 73.0 Å². The summed E-state index contributed by atoms with van der Waals surface area (Å²) >= 11 is 0. The highest BCUT2D eigenvalue weighted by atomic mass is 16.1. The molecule has 1 atom stereocenters. The zero-order valence-corrected chi connectivity index (χ0v) is 22.6. The second-order valence-electron chi connectivity index (χ2n) is 11.4. The molecule has 1 saturated carbocycles. The van der Waals surface area contributed by atoms with E-state index in [-0.39, 0.29) is 11.6 Å². The molecule has 2 aromatic carbocycles. The van der Waals surface area contributed by atoms with Crippen molar-refractivity contribution >= 4 is 10.9 Å². The molecule has 0 bridgehead atoms. The van der Waals surface area contributed by atoms with E-state index in [1.807, 2.05) is 4.68 Å². The number of nitrogens with zero attached hydrogens (tertiary/aromatic N) is 5. The SMILES string of the molecule is Cc1ccc2cc([C@H](c3nnnn3C3CCCCC3)N3CCC(Cc4ccccc4)CC3)c(=O)[nH]c2c1C. The van der Waals surface area contributed by atoms with Gasteiger partial charge in [0, 0.05) is 5.56 Å². The van der Waals surface area contributed by atoms with Gasteiger partial charge in [-0.25, -0.2) is 4.68 Å². The molecule has 6 rings (SSSR count). The molecule has 38 heavy (non-hydrogen) atoms. The normalized spacial score (nSPS) is 18.7. The highest BCUT2D eigenvalue weighted by molar-refractivity contribution is 5.83. The molecule has 1 aliphatic carbocycles. The standard InChI is InChI=1S/C31H38N6O/c1-21-13-14-25-20-27(31(38)32-28(25)22(21)2)29(30-33-34-35-37(30)26-11-7-4-8-12-26)36-17-15-24(16-18-36)19-23-9-5-3-6-10-23/h3,5-6,9-10,13-14,20,24,26,29H,4,7-8,11-12,15-19H2,1-2H3,(H,32,38)/t29-/m1/s1. The van der Waals surface area contributed by atoms with E-state index in [1.54, 1.807) is 0 Å². The maximum atomic E-state index is 13.7. The number of tetrazole rings is 1. The predicted octanol–water partition coefficient (Wildman–Crippen LogP) is 5.68. The largest absolute Gasteiger partial charge is 0.321 e. The third kappa shape index (κ3) is 4.92. The van der Waals surface area contributed by atoms with Crippen LogP contribution in [0.3, 0.4) is 0 Å². The van der Waals surface area contributed by atoms with E-state index in [1.165, 1.54) is 30.4 Å². The number of aromatic nitrogens is 5. The molecular weight excluding hydrogens is 472 g/mol. The van der Waals surface area contributed by atoms with Crippen LogP contribution in [0.4, 0.5) is 0 Å². The molecule has 0 unspecified atom stereocenters. The summed E-state index contributed by atoms with van der Waals surface area (Å²) in [6, 6.07) is 17.2. The Balaban J connectivity index is 1.36. The zero-order chi connectivity index (χ0) is 26.1. The molecule has 3 heterocycles. The Labute approximate surface area is 224 Å². The average molecular weight is 511 g/mol. The predicted molar refractivity (Wildman–Crippen MR) is 150 cm³/mol. The maximum Gasteiger partial charge on any atom is 0.253 e. The number of aromatic amines is 1. The Morgan fingerprint density at radius 2 is 1.74 bits per heavy atom. The van der Waals surface area contributed by atoms with Gasteiger partial charge in [0.1, 0.15) is 6.04 Å². The first-order valence-electron chi connectivity index (χ1n) is 14.3. The first-order valence-corrected chi connectivity index (χ1v) is 14.3. The number of likely N-dealkylation sites (tertiary alicyclic amines) is 1. The number of fused-ring (bicyclic) bond motifs is 1. The first-order chi connectivity index (χ1) is 18.6. The van der Waals surface area contributed by atoms with Gasteiger partial charge in [0.2, 0.25) is 0 Å². The van der Waals surface area contributed by atoms with Crippen LogP contribution >= 0.6 is 0 Å². The highest BCUT2D eigenvalue weighted by Gasteiger charge is 2.35. The van der Waals surface area contributed by atoms with Gasteiger partial charge < -0.3 is 4.98 Å². The molecule has 2 aliphatic rings. The van der Waals surface area contributed by atoms with Gasteiger partial charge in [-0.1, -0.05) is 61.7 Å². The molecule has 7 nitrogen and oxygen atoms in total. The lowest BCUT2D eigenvalue weighted by molar-refractivity contribution is 0.140. The van der Waals surface area contributed by atoms with Crippen molar-refractivity contribution in [3.8, 4) is 0 Å². The number of piperidine rings is 1. The second kappa shape index (κ2) is 10.8. The summed E-state index contributed by atoms with van der Waals surface area (Å²) < 4.78 is 2.05. The molecule has 0 amide bonds. The Kier molecular flexibility index (Phi) is 7.11. The molecular formula is C31H38N6O. The molecule has 7 heteroatoms. The molecule has 0 radical (unpaired) electrons. The summed E-state index contributed by atoms with van der Waals surface area (Å²) in [7, 11) is 0. The van der Waals surface area contributed by atoms with Crippen molar-refractivity contribution in [3.63, 3.8) is 0 Å². The summed E-state index contributed by atoms with van der Waals surface area (Å²) in [5.74, 6) is 1.45. The molecule has 1 N–H and O–H groups in total. The summed E-state index contributed by atoms with van der Waals surface area (Å²) in [5.41, 5.74) is 5.33. The fraction of sp³-hybridized carbons (Fsp3) is 0.484. The highest BCUT2D eigenvalue weighted by Crippen LogP contribution is 2.35. The minimum Gasteiger partial charge on any atom is -0.321 e. The van der Waals surface area contributed by atoms with Gasteiger partial charge in [-0.15, -0.1) is 5.10 Å². The number of benzene rings is 2. The lowest BCUT2D eigenvalue weighted by Gasteiger charge is -2.37. The van der Waals surface area contributed by atoms with Crippen molar-refractivity contribution < 1.29 is 0 Å². The minimum absolute atomic E-state index is 0.0409. The Hall–Kier alpha value is -3.32. The van der Waals surface area contributed by atoms with Crippen LogP contribution in [-0.4, -0.2) is 43.2 Å². The van der Waals surface area contributed by atoms with Crippen molar-refractivity contribution in [1.29, 1.82) is 0 Å². The van der Waals surface area contributed by atoms with Crippen molar-refractivity contribution in [1.82, 2.24) is 30.1 Å². The van der Waals surface area contributed by atoms with Crippen LogP contribution in [0.15, 0.2) is 53.3 Å². The van der Waals surface area contributed by atoms with E-state index in [0.29, 0.717) is 12.0 Å². The van der Waals surface area contributed by atoms with Crippen molar-refractivity contribution in [3.05, 3.63) is 87.0 Å². The molecule has 1 saturated heterocycles. The van der Waals surface area contributed by atoms with Crippen molar-refractivity contribution in [2.45, 2.75) is 77.3 Å². The van der Waals surface area contributed by atoms with Gasteiger partial charge in [-0.2, -0.15) is 0 Å². The summed E-state index contributed by atoms with van der Waals surface area (Å²) in [6.07, 6.45) is 9.17.